The predicted molar refractivity (Wildman–Crippen MR) is 60.9 cm³/mol. The van der Waals surface area contributed by atoms with Crippen molar-refractivity contribution in [2.45, 2.75) is 20.3 Å². The zero-order chi connectivity index (χ0) is 10.8. The minimum absolute atomic E-state index is 0.626. The molecule has 0 aromatic carbocycles. The number of aromatic nitrogens is 2. The molecule has 2 heterocycles. The van der Waals surface area contributed by atoms with Crippen molar-refractivity contribution in [3.8, 4) is 0 Å². The average Bonchev–Trinajstić information content (AvgIpc) is 2.64. The first-order valence-corrected chi connectivity index (χ1v) is 5.46. The Labute approximate surface area is 90.5 Å². The molecule has 0 spiro atoms. The van der Waals surface area contributed by atoms with Gasteiger partial charge in [0.05, 0.1) is 0 Å². The highest BCUT2D eigenvalue weighted by atomic mass is 15.2. The summed E-state index contributed by atoms with van der Waals surface area (Å²) in [6.07, 6.45) is 1.18. The first-order chi connectivity index (χ1) is 7.19. The first kappa shape index (κ1) is 10.4. The summed E-state index contributed by atoms with van der Waals surface area (Å²) >= 11 is 0. The van der Waals surface area contributed by atoms with Gasteiger partial charge >= 0.3 is 0 Å². The molecular weight excluding hydrogens is 188 g/mol. The molecule has 1 saturated heterocycles. The number of nitrogens with zero attached hydrogens (tertiary/aromatic N) is 3. The summed E-state index contributed by atoms with van der Waals surface area (Å²) in [6.45, 7) is 6.82. The van der Waals surface area contributed by atoms with Crippen molar-refractivity contribution in [3.63, 3.8) is 0 Å². The molecule has 1 aliphatic heterocycles. The fourth-order valence-electron chi connectivity index (χ4n) is 2.09. The molecule has 1 aromatic heterocycles. The number of rotatable bonds is 2. The smallest absolute Gasteiger partial charge is 0.132 e. The van der Waals surface area contributed by atoms with Crippen molar-refractivity contribution in [1.82, 2.24) is 9.97 Å². The van der Waals surface area contributed by atoms with Gasteiger partial charge < -0.3 is 10.6 Å². The van der Waals surface area contributed by atoms with Crippen LogP contribution in [0.2, 0.25) is 0 Å². The number of hydrogen-bond acceptors (Lipinski definition) is 4. The Morgan fingerprint density at radius 3 is 2.87 bits per heavy atom. The highest BCUT2D eigenvalue weighted by molar-refractivity contribution is 5.40. The van der Waals surface area contributed by atoms with Crippen LogP contribution in [0.3, 0.4) is 0 Å². The fourth-order valence-corrected chi connectivity index (χ4v) is 2.09. The van der Waals surface area contributed by atoms with Crippen LogP contribution in [0.1, 0.15) is 17.9 Å². The molecule has 1 fully saturated rings. The van der Waals surface area contributed by atoms with Crippen molar-refractivity contribution >= 4 is 5.82 Å². The molecule has 2 rings (SSSR count). The summed E-state index contributed by atoms with van der Waals surface area (Å²) in [5, 5.41) is 0. The van der Waals surface area contributed by atoms with Gasteiger partial charge in [-0.2, -0.15) is 0 Å². The molecule has 1 aliphatic rings. The van der Waals surface area contributed by atoms with E-state index in [2.05, 4.69) is 14.9 Å². The van der Waals surface area contributed by atoms with Gasteiger partial charge in [-0.25, -0.2) is 9.97 Å². The predicted octanol–water partition coefficient (Wildman–Crippen LogP) is 0.878. The monoisotopic (exact) mass is 206 g/mol. The Bertz CT molecular complexity index is 330. The molecule has 1 aromatic rings. The summed E-state index contributed by atoms with van der Waals surface area (Å²) in [5.74, 6) is 2.53. The molecule has 0 aliphatic carbocycles. The van der Waals surface area contributed by atoms with E-state index in [1.165, 1.54) is 6.42 Å². The minimum atomic E-state index is 0.626. The second kappa shape index (κ2) is 4.14. The largest absolute Gasteiger partial charge is 0.356 e. The molecule has 1 atom stereocenters. The standard InChI is InChI=1S/C11H18N4/c1-8-5-11(14-9(2)13-8)15-4-3-10(6-12)7-15/h5,10H,3-4,6-7,12H2,1-2H3. The van der Waals surface area contributed by atoms with E-state index in [0.29, 0.717) is 5.92 Å². The number of anilines is 1. The first-order valence-electron chi connectivity index (χ1n) is 5.46. The summed E-state index contributed by atoms with van der Waals surface area (Å²) in [7, 11) is 0. The van der Waals surface area contributed by atoms with Gasteiger partial charge in [0.25, 0.3) is 0 Å². The molecule has 0 radical (unpaired) electrons. The molecule has 2 N–H and O–H groups in total. The molecule has 4 nitrogen and oxygen atoms in total. The van der Waals surface area contributed by atoms with Crippen molar-refractivity contribution in [2.24, 2.45) is 11.7 Å². The van der Waals surface area contributed by atoms with Gasteiger partial charge in [0.1, 0.15) is 11.6 Å². The van der Waals surface area contributed by atoms with Crippen LogP contribution < -0.4 is 10.6 Å². The zero-order valence-corrected chi connectivity index (χ0v) is 9.40. The molecule has 82 valence electrons. The van der Waals surface area contributed by atoms with Crippen LogP contribution in [0, 0.1) is 19.8 Å². The van der Waals surface area contributed by atoms with Crippen LogP contribution in [0.5, 0.6) is 0 Å². The lowest BCUT2D eigenvalue weighted by Crippen LogP contribution is -2.23. The van der Waals surface area contributed by atoms with E-state index in [0.717, 1.165) is 37.0 Å². The van der Waals surface area contributed by atoms with Crippen LogP contribution in [-0.2, 0) is 0 Å². The van der Waals surface area contributed by atoms with Gasteiger partial charge in [-0.15, -0.1) is 0 Å². The molecule has 0 saturated carbocycles. The molecule has 15 heavy (non-hydrogen) atoms. The van der Waals surface area contributed by atoms with Crippen molar-refractivity contribution in [3.05, 3.63) is 17.6 Å². The Kier molecular flexibility index (Phi) is 2.86. The number of aryl methyl sites for hydroxylation is 2. The third kappa shape index (κ3) is 2.26. The van der Waals surface area contributed by atoms with E-state index in [1.54, 1.807) is 0 Å². The van der Waals surface area contributed by atoms with E-state index in [-0.39, 0.29) is 0 Å². The summed E-state index contributed by atoms with van der Waals surface area (Å²) in [5.41, 5.74) is 6.71. The zero-order valence-electron chi connectivity index (χ0n) is 9.40. The summed E-state index contributed by atoms with van der Waals surface area (Å²) in [6, 6.07) is 2.05. The maximum atomic E-state index is 5.67. The lowest BCUT2D eigenvalue weighted by molar-refractivity contribution is 0.602. The average molecular weight is 206 g/mol. The van der Waals surface area contributed by atoms with Crippen LogP contribution in [-0.4, -0.2) is 29.6 Å². The van der Waals surface area contributed by atoms with Crippen LogP contribution in [0.25, 0.3) is 0 Å². The highest BCUT2D eigenvalue weighted by Gasteiger charge is 2.22. The normalized spacial score (nSPS) is 21.0. The van der Waals surface area contributed by atoms with E-state index in [9.17, 15) is 0 Å². The van der Waals surface area contributed by atoms with Crippen molar-refractivity contribution in [2.75, 3.05) is 24.5 Å². The van der Waals surface area contributed by atoms with Crippen molar-refractivity contribution in [1.29, 1.82) is 0 Å². The SMILES string of the molecule is Cc1cc(N2CCC(CN)C2)nc(C)n1. The molecule has 0 bridgehead atoms. The van der Waals surface area contributed by atoms with Gasteiger partial charge in [0.15, 0.2) is 0 Å². The summed E-state index contributed by atoms with van der Waals surface area (Å²) in [4.78, 5) is 11.0. The van der Waals surface area contributed by atoms with Gasteiger partial charge in [0.2, 0.25) is 0 Å². The fraction of sp³-hybridized carbons (Fsp3) is 0.636. The highest BCUT2D eigenvalue weighted by Crippen LogP contribution is 2.21. The van der Waals surface area contributed by atoms with Gasteiger partial charge in [0, 0.05) is 24.8 Å². The Hall–Kier alpha value is -1.16. The van der Waals surface area contributed by atoms with Crippen molar-refractivity contribution < 1.29 is 0 Å². The molecular formula is C11H18N4. The Morgan fingerprint density at radius 2 is 2.27 bits per heavy atom. The lowest BCUT2D eigenvalue weighted by Gasteiger charge is -2.17. The van der Waals surface area contributed by atoms with E-state index in [1.807, 2.05) is 19.9 Å². The second-order valence-corrected chi connectivity index (χ2v) is 4.25. The number of nitrogens with two attached hydrogens (primary N) is 1. The topological polar surface area (TPSA) is 55.0 Å². The van der Waals surface area contributed by atoms with E-state index < -0.39 is 0 Å². The van der Waals surface area contributed by atoms with Gasteiger partial charge in [-0.05, 0) is 32.7 Å². The van der Waals surface area contributed by atoms with Gasteiger partial charge in [-0.3, -0.25) is 0 Å². The summed E-state index contributed by atoms with van der Waals surface area (Å²) < 4.78 is 0. The maximum absolute atomic E-state index is 5.67. The number of hydrogen-bond donors (Lipinski definition) is 1. The van der Waals surface area contributed by atoms with E-state index in [4.69, 9.17) is 5.73 Å². The third-order valence-electron chi connectivity index (χ3n) is 2.90. The second-order valence-electron chi connectivity index (χ2n) is 4.25. The molecule has 1 unspecified atom stereocenters. The van der Waals surface area contributed by atoms with Crippen LogP contribution in [0.4, 0.5) is 5.82 Å². The quantitative estimate of drug-likeness (QED) is 0.780. The minimum Gasteiger partial charge on any atom is -0.356 e. The maximum Gasteiger partial charge on any atom is 0.132 e. The molecule has 0 amide bonds. The van der Waals surface area contributed by atoms with E-state index >= 15 is 0 Å². The lowest BCUT2D eigenvalue weighted by atomic mass is 10.1. The Balaban J connectivity index is 2.16. The van der Waals surface area contributed by atoms with Crippen LogP contribution in [0.15, 0.2) is 6.07 Å². The van der Waals surface area contributed by atoms with Crippen LogP contribution >= 0.6 is 0 Å². The third-order valence-corrected chi connectivity index (χ3v) is 2.90. The Morgan fingerprint density at radius 1 is 1.47 bits per heavy atom. The van der Waals surface area contributed by atoms with Gasteiger partial charge in [-0.1, -0.05) is 0 Å². The molecule has 4 heteroatoms.